The smallest absolute Gasteiger partial charge is 0.307 e. The molecule has 5 aliphatic rings. The van der Waals surface area contributed by atoms with E-state index < -0.39 is 5.97 Å². The third-order valence-electron chi connectivity index (χ3n) is 8.82. The normalized spacial score (nSPS) is 40.8. The maximum Gasteiger partial charge on any atom is 0.307 e. The fourth-order valence-electron chi connectivity index (χ4n) is 7.35. The summed E-state index contributed by atoms with van der Waals surface area (Å²) in [6.45, 7) is 1.45. The summed E-state index contributed by atoms with van der Waals surface area (Å²) in [4.78, 5) is 30.9. The molecule has 1 aliphatic heterocycles. The van der Waals surface area contributed by atoms with Crippen molar-refractivity contribution in [1.82, 2.24) is 10.3 Å². The second-order valence-electron chi connectivity index (χ2n) is 10.4. The second kappa shape index (κ2) is 6.87. The van der Waals surface area contributed by atoms with Crippen molar-refractivity contribution >= 4 is 30.3 Å². The van der Waals surface area contributed by atoms with Gasteiger partial charge < -0.3 is 15.3 Å². The number of piperidine rings is 1. The van der Waals surface area contributed by atoms with E-state index in [-0.39, 0.29) is 29.7 Å². The zero-order valence-corrected chi connectivity index (χ0v) is 17.9. The zero-order chi connectivity index (χ0) is 20.6. The van der Waals surface area contributed by atoms with E-state index >= 15 is 0 Å². The van der Waals surface area contributed by atoms with E-state index in [1.807, 2.05) is 12.1 Å². The number of aliphatic carboxylic acids is 1. The van der Waals surface area contributed by atoms with Crippen LogP contribution in [0, 0.1) is 41.4 Å². The van der Waals surface area contributed by atoms with Crippen LogP contribution < -0.4 is 10.2 Å². The monoisotopic (exact) mass is 427 g/mol. The number of pyridine rings is 1. The molecule has 7 heteroatoms. The first-order chi connectivity index (χ1) is 14.5. The van der Waals surface area contributed by atoms with E-state index in [0.717, 1.165) is 43.1 Å². The average Bonchev–Trinajstić information content (AvgIpc) is 3.12. The van der Waals surface area contributed by atoms with Crippen LogP contribution in [0.4, 0.5) is 5.82 Å². The van der Waals surface area contributed by atoms with Gasteiger partial charge in [-0.05, 0) is 86.2 Å². The number of thiol groups is 1. The highest BCUT2D eigenvalue weighted by Crippen LogP contribution is 2.54. The molecule has 2 N–H and O–H groups in total. The Bertz CT molecular complexity index is 896. The number of carboxylic acids is 1. The Morgan fingerprint density at radius 3 is 2.50 bits per heavy atom. The maximum atomic E-state index is 13.0. The highest BCUT2D eigenvalue weighted by molar-refractivity contribution is 7.80. The number of carbonyl (C=O) groups is 2. The molecule has 1 aromatic rings. The Balaban J connectivity index is 1.12. The van der Waals surface area contributed by atoms with Crippen molar-refractivity contribution in [2.45, 2.75) is 49.6 Å². The number of nitrogens with zero attached hydrogens (tertiary/aromatic N) is 2. The summed E-state index contributed by atoms with van der Waals surface area (Å²) in [5.74, 6) is 3.61. The molecule has 0 radical (unpaired) electrons. The summed E-state index contributed by atoms with van der Waals surface area (Å²) in [7, 11) is 0. The Morgan fingerprint density at radius 1 is 1.03 bits per heavy atom. The molecule has 5 fully saturated rings. The van der Waals surface area contributed by atoms with Crippen molar-refractivity contribution in [2.75, 3.05) is 18.0 Å². The molecule has 6 rings (SSSR count). The molecule has 8 atom stereocenters. The van der Waals surface area contributed by atoms with Crippen molar-refractivity contribution in [1.29, 1.82) is 0 Å². The maximum absolute atomic E-state index is 13.0. The third-order valence-corrected chi connectivity index (χ3v) is 9.16. The molecule has 3 bridgehead atoms. The van der Waals surface area contributed by atoms with Crippen LogP contribution in [-0.4, -0.2) is 41.1 Å². The summed E-state index contributed by atoms with van der Waals surface area (Å²) in [5.41, 5.74) is 0.539. The van der Waals surface area contributed by atoms with Crippen LogP contribution in [-0.2, 0) is 4.79 Å². The van der Waals surface area contributed by atoms with Crippen LogP contribution in [0.1, 0.15) is 48.9 Å². The van der Waals surface area contributed by atoms with Crippen LogP contribution >= 0.6 is 12.6 Å². The van der Waals surface area contributed by atoms with Gasteiger partial charge in [-0.1, -0.05) is 0 Å². The van der Waals surface area contributed by atoms with Crippen molar-refractivity contribution in [3.05, 3.63) is 17.7 Å². The number of nitrogens with one attached hydrogen (secondary N) is 1. The number of carboxylic acid groups (broad SMARTS) is 1. The Morgan fingerprint density at radius 2 is 1.77 bits per heavy atom. The number of hydrogen-bond acceptors (Lipinski definition) is 5. The van der Waals surface area contributed by atoms with Crippen molar-refractivity contribution < 1.29 is 14.7 Å². The highest BCUT2D eigenvalue weighted by Gasteiger charge is 2.60. The predicted molar refractivity (Wildman–Crippen MR) is 115 cm³/mol. The minimum Gasteiger partial charge on any atom is -0.481 e. The highest BCUT2D eigenvalue weighted by atomic mass is 32.1. The van der Waals surface area contributed by atoms with Crippen LogP contribution in [0.3, 0.4) is 0 Å². The fraction of sp³-hybridized carbons (Fsp3) is 0.696. The van der Waals surface area contributed by atoms with Crippen molar-refractivity contribution in [3.8, 4) is 0 Å². The number of fused-ring (bicyclic) bond motifs is 3. The number of rotatable bonds is 4. The number of hydrogen-bond donors (Lipinski definition) is 3. The standard InChI is InChI=1S/C23H29N3O3S/c27-21(24-18-3-1-12-5-11-6-13(12)8-14(18)7-11)15-2-4-19(25-22(15)30)26-9-16-17(10-26)20(16)23(28)29/h2,4,11-14,16-18,20H,1,3,5-10H2,(H,24,27)(H,25,30)(H,28,29)/t11?,12?,13?,14?,16-,17+,18?,20+. The fourth-order valence-corrected chi connectivity index (χ4v) is 7.63. The lowest BCUT2D eigenvalue weighted by Gasteiger charge is -2.33. The Labute approximate surface area is 182 Å². The first kappa shape index (κ1) is 19.0. The van der Waals surface area contributed by atoms with E-state index in [1.54, 1.807) is 0 Å². The minimum absolute atomic E-state index is 0.0584. The molecule has 0 spiro atoms. The van der Waals surface area contributed by atoms with Gasteiger partial charge in [-0.3, -0.25) is 9.59 Å². The van der Waals surface area contributed by atoms with Gasteiger partial charge in [-0.2, -0.15) is 0 Å². The lowest BCUT2D eigenvalue weighted by molar-refractivity contribution is -0.139. The molecule has 30 heavy (non-hydrogen) atoms. The van der Waals surface area contributed by atoms with E-state index in [4.69, 9.17) is 0 Å². The van der Waals surface area contributed by atoms with Crippen LogP contribution in [0.2, 0.25) is 0 Å². The summed E-state index contributed by atoms with van der Waals surface area (Å²) in [6.07, 6.45) is 7.74. The van der Waals surface area contributed by atoms with Gasteiger partial charge in [0.15, 0.2) is 0 Å². The molecular weight excluding hydrogens is 398 g/mol. The molecule has 1 saturated heterocycles. The molecule has 1 aromatic heterocycles. The molecule has 1 amide bonds. The van der Waals surface area contributed by atoms with Gasteiger partial charge in [0.05, 0.1) is 11.5 Å². The first-order valence-corrected chi connectivity index (χ1v) is 11.9. The lowest BCUT2D eigenvalue weighted by Crippen LogP contribution is -2.42. The van der Waals surface area contributed by atoms with E-state index in [0.29, 0.717) is 16.5 Å². The molecule has 2 heterocycles. The number of amides is 1. The summed E-state index contributed by atoms with van der Waals surface area (Å²) < 4.78 is 0. The quantitative estimate of drug-likeness (QED) is 0.644. The van der Waals surface area contributed by atoms with Gasteiger partial charge in [-0.25, -0.2) is 4.98 Å². The molecule has 160 valence electrons. The molecule has 0 aromatic carbocycles. The topological polar surface area (TPSA) is 82.5 Å². The Kier molecular flexibility index (Phi) is 4.34. The van der Waals surface area contributed by atoms with Gasteiger partial charge in [-0.15, -0.1) is 12.6 Å². The van der Waals surface area contributed by atoms with Crippen LogP contribution in [0.15, 0.2) is 17.2 Å². The third kappa shape index (κ3) is 3.03. The summed E-state index contributed by atoms with van der Waals surface area (Å²) in [5, 5.41) is 13.0. The van der Waals surface area contributed by atoms with Gasteiger partial charge in [0.25, 0.3) is 5.91 Å². The van der Waals surface area contributed by atoms with Crippen molar-refractivity contribution in [3.63, 3.8) is 0 Å². The largest absolute Gasteiger partial charge is 0.481 e. The molecular formula is C23H29N3O3S. The lowest BCUT2D eigenvalue weighted by atomic mass is 9.77. The van der Waals surface area contributed by atoms with Gasteiger partial charge in [0, 0.05) is 19.1 Å². The van der Waals surface area contributed by atoms with Gasteiger partial charge in [0.1, 0.15) is 10.8 Å². The zero-order valence-electron chi connectivity index (χ0n) is 17.0. The first-order valence-electron chi connectivity index (χ1n) is 11.5. The van der Waals surface area contributed by atoms with E-state index in [2.05, 4.69) is 27.8 Å². The number of aromatic nitrogens is 1. The molecule has 4 aliphatic carbocycles. The van der Waals surface area contributed by atoms with Gasteiger partial charge >= 0.3 is 5.97 Å². The molecule has 5 unspecified atom stereocenters. The predicted octanol–water partition coefficient (Wildman–Crippen LogP) is 3.08. The summed E-state index contributed by atoms with van der Waals surface area (Å²) in [6, 6.07) is 3.99. The molecule has 6 nitrogen and oxygen atoms in total. The number of carbonyl (C=O) groups excluding carboxylic acids is 1. The van der Waals surface area contributed by atoms with Crippen LogP contribution in [0.25, 0.3) is 0 Å². The minimum atomic E-state index is -0.681. The molecule has 4 saturated carbocycles. The van der Waals surface area contributed by atoms with Crippen LogP contribution in [0.5, 0.6) is 0 Å². The number of anilines is 1. The summed E-state index contributed by atoms with van der Waals surface area (Å²) >= 11 is 4.52. The second-order valence-corrected chi connectivity index (χ2v) is 10.8. The van der Waals surface area contributed by atoms with Gasteiger partial charge in [0.2, 0.25) is 0 Å². The average molecular weight is 428 g/mol. The van der Waals surface area contributed by atoms with Crippen molar-refractivity contribution in [2.24, 2.45) is 41.4 Å². The van der Waals surface area contributed by atoms with E-state index in [1.165, 1.54) is 32.1 Å². The van der Waals surface area contributed by atoms with E-state index in [9.17, 15) is 14.7 Å². The SMILES string of the molecule is O=C(NC1CCC2CC3CC2CC1C3)c1ccc(N2C[C@@H]3[C@H](C2)[C@H]3C(=O)O)nc1S. The Hall–Kier alpha value is -1.76.